The van der Waals surface area contributed by atoms with Crippen LogP contribution < -0.4 is 10.6 Å². The minimum atomic E-state index is -0.0847. The Morgan fingerprint density at radius 2 is 2.14 bits per heavy atom. The standard InChI is InChI=1S/C15H17N5O/c1-10(12-8-16-9-12)15(21)19-13-4-3-5-18-14(13)20-7-6-17-11(20)2/h3-7,16H,8-9H2,1-2H3,(H,19,21). The molecule has 1 fully saturated rings. The summed E-state index contributed by atoms with van der Waals surface area (Å²) in [5, 5.41) is 6.08. The van der Waals surface area contributed by atoms with E-state index in [9.17, 15) is 4.79 Å². The topological polar surface area (TPSA) is 71.8 Å². The van der Waals surface area contributed by atoms with Gasteiger partial charge in [0.05, 0.1) is 5.69 Å². The number of hydrogen-bond acceptors (Lipinski definition) is 4. The maximum absolute atomic E-state index is 12.3. The van der Waals surface area contributed by atoms with Gasteiger partial charge >= 0.3 is 0 Å². The van der Waals surface area contributed by atoms with Crippen molar-refractivity contribution in [1.29, 1.82) is 0 Å². The summed E-state index contributed by atoms with van der Waals surface area (Å²) < 4.78 is 1.85. The SMILES string of the molecule is CC(C(=O)Nc1cccnc1-n1ccnc1C)=C1CNC1. The molecule has 1 amide bonds. The molecular weight excluding hydrogens is 266 g/mol. The number of imidazole rings is 1. The smallest absolute Gasteiger partial charge is 0.251 e. The summed E-state index contributed by atoms with van der Waals surface area (Å²) in [7, 11) is 0. The molecule has 1 aliphatic rings. The van der Waals surface area contributed by atoms with Crippen molar-refractivity contribution in [2.75, 3.05) is 18.4 Å². The number of pyridine rings is 1. The molecule has 0 aromatic carbocycles. The lowest BCUT2D eigenvalue weighted by atomic mass is 10.0. The van der Waals surface area contributed by atoms with E-state index < -0.39 is 0 Å². The van der Waals surface area contributed by atoms with Gasteiger partial charge in [0, 0.05) is 37.3 Å². The van der Waals surface area contributed by atoms with E-state index in [2.05, 4.69) is 20.6 Å². The quantitative estimate of drug-likeness (QED) is 0.836. The molecule has 2 aromatic heterocycles. The number of carbonyl (C=O) groups excluding carboxylic acids is 1. The zero-order valence-corrected chi connectivity index (χ0v) is 12.1. The van der Waals surface area contributed by atoms with Crippen molar-refractivity contribution in [3.8, 4) is 5.82 Å². The van der Waals surface area contributed by atoms with Gasteiger partial charge in [0.25, 0.3) is 5.91 Å². The summed E-state index contributed by atoms with van der Waals surface area (Å²) in [5.41, 5.74) is 2.60. The van der Waals surface area contributed by atoms with Crippen molar-refractivity contribution < 1.29 is 4.79 Å². The zero-order chi connectivity index (χ0) is 14.8. The first-order valence-corrected chi connectivity index (χ1v) is 6.83. The van der Waals surface area contributed by atoms with Gasteiger partial charge in [-0.15, -0.1) is 0 Å². The minimum absolute atomic E-state index is 0.0847. The van der Waals surface area contributed by atoms with Crippen molar-refractivity contribution in [1.82, 2.24) is 19.9 Å². The second-order valence-corrected chi connectivity index (χ2v) is 5.01. The average Bonchev–Trinajstić information content (AvgIpc) is 2.83. The number of nitrogens with one attached hydrogen (secondary N) is 2. The average molecular weight is 283 g/mol. The Labute approximate surface area is 122 Å². The van der Waals surface area contributed by atoms with Gasteiger partial charge in [-0.3, -0.25) is 9.36 Å². The van der Waals surface area contributed by atoms with E-state index in [0.717, 1.165) is 30.1 Å². The first kappa shape index (κ1) is 13.5. The molecule has 0 radical (unpaired) electrons. The third kappa shape index (κ3) is 2.57. The number of anilines is 1. The Kier molecular flexibility index (Phi) is 3.53. The molecule has 2 N–H and O–H groups in total. The number of aryl methyl sites for hydroxylation is 1. The highest BCUT2D eigenvalue weighted by molar-refractivity contribution is 6.04. The Bertz CT molecular complexity index is 710. The summed E-state index contributed by atoms with van der Waals surface area (Å²) in [6.07, 6.45) is 5.24. The van der Waals surface area contributed by atoms with Gasteiger partial charge in [-0.1, -0.05) is 0 Å². The van der Waals surface area contributed by atoms with E-state index in [1.807, 2.05) is 30.7 Å². The molecule has 0 atom stereocenters. The van der Waals surface area contributed by atoms with Crippen molar-refractivity contribution >= 4 is 11.6 Å². The maximum Gasteiger partial charge on any atom is 0.251 e. The zero-order valence-electron chi connectivity index (χ0n) is 12.1. The van der Waals surface area contributed by atoms with E-state index in [4.69, 9.17) is 0 Å². The molecule has 3 rings (SSSR count). The number of rotatable bonds is 3. The van der Waals surface area contributed by atoms with Crippen LogP contribution in [-0.4, -0.2) is 33.5 Å². The fourth-order valence-electron chi connectivity index (χ4n) is 2.18. The fraction of sp³-hybridized carbons (Fsp3) is 0.267. The molecule has 0 bridgehead atoms. The Balaban J connectivity index is 1.90. The number of hydrogen-bond donors (Lipinski definition) is 2. The van der Waals surface area contributed by atoms with Crippen LogP contribution in [0.3, 0.4) is 0 Å². The number of amides is 1. The maximum atomic E-state index is 12.3. The van der Waals surface area contributed by atoms with Crippen molar-refractivity contribution in [2.45, 2.75) is 13.8 Å². The third-order valence-electron chi connectivity index (χ3n) is 3.64. The number of carbonyl (C=O) groups is 1. The number of aromatic nitrogens is 3. The Morgan fingerprint density at radius 3 is 2.76 bits per heavy atom. The third-order valence-corrected chi connectivity index (χ3v) is 3.64. The van der Waals surface area contributed by atoms with Crippen molar-refractivity contribution in [3.63, 3.8) is 0 Å². The summed E-state index contributed by atoms with van der Waals surface area (Å²) in [6, 6.07) is 3.65. The van der Waals surface area contributed by atoms with Crippen LogP contribution in [0.5, 0.6) is 0 Å². The van der Waals surface area contributed by atoms with Gasteiger partial charge in [-0.05, 0) is 31.6 Å². The first-order chi connectivity index (χ1) is 10.2. The first-order valence-electron chi connectivity index (χ1n) is 6.83. The molecule has 0 aliphatic carbocycles. The molecule has 0 unspecified atom stereocenters. The second-order valence-electron chi connectivity index (χ2n) is 5.01. The van der Waals surface area contributed by atoms with Gasteiger partial charge in [0.1, 0.15) is 5.82 Å². The highest BCUT2D eigenvalue weighted by Gasteiger charge is 2.17. The molecular formula is C15H17N5O. The van der Waals surface area contributed by atoms with Crippen LogP contribution >= 0.6 is 0 Å². The predicted molar refractivity (Wildman–Crippen MR) is 80.3 cm³/mol. The van der Waals surface area contributed by atoms with Gasteiger partial charge in [-0.2, -0.15) is 0 Å². The lowest BCUT2D eigenvalue weighted by Gasteiger charge is -2.21. The van der Waals surface area contributed by atoms with Gasteiger partial charge in [0.15, 0.2) is 5.82 Å². The Hall–Kier alpha value is -2.47. The highest BCUT2D eigenvalue weighted by Crippen LogP contribution is 2.20. The minimum Gasteiger partial charge on any atom is -0.319 e. The summed E-state index contributed by atoms with van der Waals surface area (Å²) in [5.74, 6) is 1.41. The molecule has 6 heteroatoms. The van der Waals surface area contributed by atoms with Crippen LogP contribution in [0.4, 0.5) is 5.69 Å². The second kappa shape index (κ2) is 5.49. The normalized spacial score (nSPS) is 13.7. The molecule has 6 nitrogen and oxygen atoms in total. The van der Waals surface area contributed by atoms with Crippen LogP contribution in [0.15, 0.2) is 41.9 Å². The van der Waals surface area contributed by atoms with E-state index in [1.54, 1.807) is 18.5 Å². The molecule has 21 heavy (non-hydrogen) atoms. The van der Waals surface area contributed by atoms with Gasteiger partial charge in [-0.25, -0.2) is 9.97 Å². The number of nitrogens with zero attached hydrogens (tertiary/aromatic N) is 3. The summed E-state index contributed by atoms with van der Waals surface area (Å²) in [6.45, 7) is 5.33. The molecule has 3 heterocycles. The van der Waals surface area contributed by atoms with Gasteiger partial charge < -0.3 is 10.6 Å². The van der Waals surface area contributed by atoms with Crippen LogP contribution in [0.1, 0.15) is 12.7 Å². The Morgan fingerprint density at radius 1 is 1.33 bits per heavy atom. The van der Waals surface area contributed by atoms with E-state index in [1.165, 1.54) is 0 Å². The monoisotopic (exact) mass is 283 g/mol. The lowest BCUT2D eigenvalue weighted by molar-refractivity contribution is -0.112. The molecule has 1 saturated heterocycles. The van der Waals surface area contributed by atoms with Crippen LogP contribution in [0.2, 0.25) is 0 Å². The predicted octanol–water partition coefficient (Wildman–Crippen LogP) is 1.43. The molecule has 108 valence electrons. The van der Waals surface area contributed by atoms with Crippen LogP contribution in [0.25, 0.3) is 5.82 Å². The molecule has 1 aliphatic heterocycles. The van der Waals surface area contributed by atoms with E-state index in [0.29, 0.717) is 11.5 Å². The van der Waals surface area contributed by atoms with E-state index in [-0.39, 0.29) is 5.91 Å². The fourth-order valence-corrected chi connectivity index (χ4v) is 2.18. The van der Waals surface area contributed by atoms with Crippen LogP contribution in [0, 0.1) is 6.92 Å². The summed E-state index contributed by atoms with van der Waals surface area (Å²) >= 11 is 0. The van der Waals surface area contributed by atoms with Crippen molar-refractivity contribution in [3.05, 3.63) is 47.7 Å². The lowest BCUT2D eigenvalue weighted by Crippen LogP contribution is -2.36. The molecule has 0 spiro atoms. The molecule has 0 saturated carbocycles. The highest BCUT2D eigenvalue weighted by atomic mass is 16.1. The van der Waals surface area contributed by atoms with Crippen molar-refractivity contribution in [2.24, 2.45) is 0 Å². The van der Waals surface area contributed by atoms with Crippen LogP contribution in [-0.2, 0) is 4.79 Å². The summed E-state index contributed by atoms with van der Waals surface area (Å²) in [4.78, 5) is 20.8. The van der Waals surface area contributed by atoms with E-state index >= 15 is 0 Å². The molecule has 2 aromatic rings. The largest absolute Gasteiger partial charge is 0.319 e. The van der Waals surface area contributed by atoms with Gasteiger partial charge in [0.2, 0.25) is 0 Å².